The van der Waals surface area contributed by atoms with E-state index in [9.17, 15) is 4.79 Å². The zero-order chi connectivity index (χ0) is 19.6. The van der Waals surface area contributed by atoms with Crippen molar-refractivity contribution in [1.82, 2.24) is 0 Å². The molecule has 0 spiro atoms. The van der Waals surface area contributed by atoms with Crippen molar-refractivity contribution < 1.29 is 23.7 Å². The zero-order valence-corrected chi connectivity index (χ0v) is 16.2. The Morgan fingerprint density at radius 3 is 2.19 bits per heavy atom. The number of carbonyl (C=O) groups is 1. The van der Waals surface area contributed by atoms with Gasteiger partial charge in [0.05, 0.1) is 31.4 Å². The van der Waals surface area contributed by atoms with Gasteiger partial charge in [-0.3, -0.25) is 0 Å². The van der Waals surface area contributed by atoms with E-state index < -0.39 is 5.97 Å². The third-order valence-electron chi connectivity index (χ3n) is 3.78. The Labute approximate surface area is 165 Å². The fourth-order valence-electron chi connectivity index (χ4n) is 2.50. The lowest BCUT2D eigenvalue weighted by atomic mass is 10.1. The summed E-state index contributed by atoms with van der Waals surface area (Å²) in [5.41, 5.74) is 1.31. The molecule has 0 aliphatic carbocycles. The second-order valence-corrected chi connectivity index (χ2v) is 6.24. The summed E-state index contributed by atoms with van der Waals surface area (Å²) in [6.45, 7) is 0. The van der Waals surface area contributed by atoms with E-state index in [-0.39, 0.29) is 11.6 Å². The molecule has 0 unspecified atom stereocenters. The number of carbonyl (C=O) groups excluding carboxylic acids is 1. The van der Waals surface area contributed by atoms with Crippen LogP contribution in [0.4, 0.5) is 0 Å². The Hall–Kier alpha value is -2.70. The second-order valence-electron chi connectivity index (χ2n) is 5.42. The molecular weight excluding hydrogens is 393 g/mol. The number of rotatable bonds is 5. The molecule has 0 fully saturated rings. The van der Waals surface area contributed by atoms with Crippen LogP contribution in [0.25, 0.3) is 6.08 Å². The summed E-state index contributed by atoms with van der Waals surface area (Å²) < 4.78 is 21.2. The van der Waals surface area contributed by atoms with Crippen molar-refractivity contribution in [2.45, 2.75) is 0 Å². The van der Waals surface area contributed by atoms with Crippen molar-refractivity contribution in [2.24, 2.45) is 4.99 Å². The van der Waals surface area contributed by atoms with Gasteiger partial charge in [0, 0.05) is 5.56 Å². The molecule has 27 heavy (non-hydrogen) atoms. The van der Waals surface area contributed by atoms with Crippen LogP contribution in [0.3, 0.4) is 0 Å². The summed E-state index contributed by atoms with van der Waals surface area (Å²) in [5, 5.41) is 0.744. The Morgan fingerprint density at radius 1 is 0.963 bits per heavy atom. The number of esters is 1. The Balaban J connectivity index is 2.00. The molecule has 0 saturated heterocycles. The summed E-state index contributed by atoms with van der Waals surface area (Å²) in [7, 11) is 4.54. The standard InChI is InChI=1S/C19H15Cl2NO5/c1-24-15-7-10(8-16(25-2)17(15)26-3)6-14-19(23)27-18(22-14)11-4-5-12(20)13(21)9-11/h4-9H,1-3H3. The first-order valence-electron chi connectivity index (χ1n) is 7.74. The maximum Gasteiger partial charge on any atom is 0.363 e. The van der Waals surface area contributed by atoms with Gasteiger partial charge in [0.2, 0.25) is 11.6 Å². The monoisotopic (exact) mass is 407 g/mol. The smallest absolute Gasteiger partial charge is 0.363 e. The number of benzene rings is 2. The summed E-state index contributed by atoms with van der Waals surface area (Å²) in [6, 6.07) is 8.26. The first-order valence-corrected chi connectivity index (χ1v) is 8.50. The predicted octanol–water partition coefficient (Wildman–Crippen LogP) is 4.36. The molecular formula is C19H15Cl2NO5. The summed E-state index contributed by atoms with van der Waals surface area (Å²) >= 11 is 11.9. The van der Waals surface area contributed by atoms with Gasteiger partial charge in [-0.2, -0.15) is 0 Å². The van der Waals surface area contributed by atoms with Crippen LogP contribution in [-0.2, 0) is 9.53 Å². The minimum atomic E-state index is -0.579. The van der Waals surface area contributed by atoms with Gasteiger partial charge in [-0.05, 0) is 42.0 Å². The molecule has 1 aliphatic heterocycles. The number of methoxy groups -OCH3 is 3. The van der Waals surface area contributed by atoms with E-state index in [1.165, 1.54) is 21.3 Å². The van der Waals surface area contributed by atoms with Crippen LogP contribution in [-0.4, -0.2) is 33.2 Å². The molecule has 1 aliphatic rings. The molecule has 6 nitrogen and oxygen atoms in total. The van der Waals surface area contributed by atoms with Crippen LogP contribution in [0, 0.1) is 0 Å². The van der Waals surface area contributed by atoms with Gasteiger partial charge in [0.25, 0.3) is 0 Å². The van der Waals surface area contributed by atoms with Gasteiger partial charge in [-0.1, -0.05) is 23.2 Å². The summed E-state index contributed by atoms with van der Waals surface area (Å²) in [6.07, 6.45) is 1.57. The molecule has 2 aromatic carbocycles. The van der Waals surface area contributed by atoms with Crippen molar-refractivity contribution in [3.8, 4) is 17.2 Å². The van der Waals surface area contributed by atoms with Gasteiger partial charge in [0.1, 0.15) is 0 Å². The topological polar surface area (TPSA) is 66.4 Å². The van der Waals surface area contributed by atoms with Gasteiger partial charge in [0.15, 0.2) is 17.2 Å². The SMILES string of the molecule is COc1cc(C=C2N=C(c3ccc(Cl)c(Cl)c3)OC2=O)cc(OC)c1OC. The third-order valence-corrected chi connectivity index (χ3v) is 4.52. The number of hydrogen-bond donors (Lipinski definition) is 0. The fraction of sp³-hybridized carbons (Fsp3) is 0.158. The normalized spacial score (nSPS) is 14.8. The van der Waals surface area contributed by atoms with Crippen LogP contribution in [0.5, 0.6) is 17.2 Å². The Morgan fingerprint density at radius 2 is 1.63 bits per heavy atom. The van der Waals surface area contributed by atoms with E-state index in [0.29, 0.717) is 38.4 Å². The average molecular weight is 408 g/mol. The fourth-order valence-corrected chi connectivity index (χ4v) is 2.80. The number of hydrogen-bond acceptors (Lipinski definition) is 6. The highest BCUT2D eigenvalue weighted by molar-refractivity contribution is 6.42. The molecule has 0 amide bonds. The van der Waals surface area contributed by atoms with E-state index in [0.717, 1.165) is 0 Å². The molecule has 1 heterocycles. The van der Waals surface area contributed by atoms with Gasteiger partial charge >= 0.3 is 5.97 Å². The maximum absolute atomic E-state index is 12.2. The minimum Gasteiger partial charge on any atom is -0.493 e. The van der Waals surface area contributed by atoms with Crippen molar-refractivity contribution in [3.05, 3.63) is 57.2 Å². The van der Waals surface area contributed by atoms with Crippen LogP contribution in [0.2, 0.25) is 10.0 Å². The molecule has 140 valence electrons. The van der Waals surface area contributed by atoms with E-state index in [1.807, 2.05) is 0 Å². The van der Waals surface area contributed by atoms with E-state index in [1.54, 1.807) is 36.4 Å². The minimum absolute atomic E-state index is 0.130. The number of aliphatic imine (C=N–C) groups is 1. The van der Waals surface area contributed by atoms with Crippen LogP contribution in [0.15, 0.2) is 41.0 Å². The average Bonchev–Trinajstić information content (AvgIpc) is 3.03. The van der Waals surface area contributed by atoms with Crippen LogP contribution in [0.1, 0.15) is 11.1 Å². The predicted molar refractivity (Wildman–Crippen MR) is 103 cm³/mol. The Kier molecular flexibility index (Phi) is 5.58. The molecule has 3 rings (SSSR count). The van der Waals surface area contributed by atoms with Crippen molar-refractivity contribution in [3.63, 3.8) is 0 Å². The lowest BCUT2D eigenvalue weighted by Gasteiger charge is -2.12. The lowest BCUT2D eigenvalue weighted by molar-refractivity contribution is -0.129. The number of cyclic esters (lactones) is 1. The number of halogens is 2. The molecule has 2 aromatic rings. The van der Waals surface area contributed by atoms with Gasteiger partial charge in [-0.15, -0.1) is 0 Å². The molecule has 0 atom stereocenters. The quantitative estimate of drug-likeness (QED) is 0.543. The first kappa shape index (κ1) is 19.1. The van der Waals surface area contributed by atoms with Gasteiger partial charge in [-0.25, -0.2) is 9.79 Å². The maximum atomic E-state index is 12.2. The van der Waals surface area contributed by atoms with Crippen molar-refractivity contribution in [2.75, 3.05) is 21.3 Å². The highest BCUT2D eigenvalue weighted by Crippen LogP contribution is 2.39. The molecule has 0 bridgehead atoms. The molecule has 0 N–H and O–H groups in total. The second kappa shape index (κ2) is 7.90. The lowest BCUT2D eigenvalue weighted by Crippen LogP contribution is -2.05. The van der Waals surface area contributed by atoms with E-state index in [2.05, 4.69) is 4.99 Å². The van der Waals surface area contributed by atoms with Crippen molar-refractivity contribution >= 4 is 41.1 Å². The highest BCUT2D eigenvalue weighted by atomic mass is 35.5. The molecule has 8 heteroatoms. The van der Waals surface area contributed by atoms with Gasteiger partial charge < -0.3 is 18.9 Å². The van der Waals surface area contributed by atoms with E-state index in [4.69, 9.17) is 42.1 Å². The highest BCUT2D eigenvalue weighted by Gasteiger charge is 2.25. The zero-order valence-electron chi connectivity index (χ0n) is 14.7. The molecule has 0 aromatic heterocycles. The number of nitrogens with zero attached hydrogens (tertiary/aromatic N) is 1. The Bertz CT molecular complexity index is 944. The van der Waals surface area contributed by atoms with Crippen LogP contribution >= 0.6 is 23.2 Å². The summed E-state index contributed by atoms with van der Waals surface area (Å²) in [5.74, 6) is 0.950. The number of ether oxygens (including phenoxy) is 4. The summed E-state index contributed by atoms with van der Waals surface area (Å²) in [4.78, 5) is 16.4. The van der Waals surface area contributed by atoms with Crippen LogP contribution < -0.4 is 14.2 Å². The van der Waals surface area contributed by atoms with Crippen molar-refractivity contribution in [1.29, 1.82) is 0 Å². The molecule has 0 radical (unpaired) electrons. The third kappa shape index (κ3) is 3.86. The first-order chi connectivity index (χ1) is 13.0. The van der Waals surface area contributed by atoms with E-state index >= 15 is 0 Å². The molecule has 0 saturated carbocycles. The largest absolute Gasteiger partial charge is 0.493 e.